The van der Waals surface area contributed by atoms with Crippen LogP contribution in [0.15, 0.2) is 90.0 Å². The van der Waals surface area contributed by atoms with Gasteiger partial charge in [-0.3, -0.25) is 43.5 Å². The molecule has 7 N–H and O–H groups in total. The van der Waals surface area contributed by atoms with Gasteiger partial charge in [-0.15, -0.1) is 0 Å². The minimum atomic E-state index is -1.56. The van der Waals surface area contributed by atoms with Crippen LogP contribution in [-0.2, 0) is 35.3 Å². The first-order chi connectivity index (χ1) is 41.7. The number of nitrogens with zero attached hydrogens (tertiary/aromatic N) is 5. The Labute approximate surface area is 504 Å². The summed E-state index contributed by atoms with van der Waals surface area (Å²) in [5, 5.41) is 22.7. The quantitative estimate of drug-likeness (QED) is 0.0294. The number of carbonyl (C=O) groups is 9. The molecule has 5 aliphatic heterocycles. The Kier molecular flexibility index (Phi) is 21.4. The standard InChI is InChI=1S/C62H76N10O15/c1-36(2)55(68-52(73)15-9-7-10-23-69-53(74)20-21-54(69)75)57(77)67-44(14-13-22-64-61(63)81)56(76)66-40-18-16-39(17-19-40)35-87-62(82)72-46-31-51(49(84-6)29-43(46)59(79)71-34-38(4)27-47(71)60(72)80)86-25-12-8-11-24-85-50-30-45-42(28-48(50)83-5)58(78)70-33-37(3)26-41(70)32-65-45/h16-21,28-32,36,41,44,47,55,60,80H,3-4,7-15,22-27,33-35H2,1-2,5-6H3,(H,66,76)(H,67,77)(H,68,73)(H3,63,64,81)/t41?,44-,47-,55-,60-/m0/s1. The van der Waals surface area contributed by atoms with Crippen molar-refractivity contribution in [3.63, 3.8) is 0 Å². The molecule has 2 saturated heterocycles. The SMILES string of the molecule is C=C1CC2C=Nc3cc(OCCCCCOc4cc5c(cc4OC)C(=O)N4CC(=C)C[C@H]4[C@H](O)N5C(=O)OCc4ccc(NC(=O)[C@H](CCCNC(N)=O)NC(=O)[C@@H](NC(=O)CCCCCN5C(=O)C=CC5=O)C(C)C)cc4)c(OC)cc3C(=O)N2C1. The van der Waals surface area contributed by atoms with E-state index < -0.39 is 54.2 Å². The second-order valence-corrected chi connectivity index (χ2v) is 22.3. The Morgan fingerprint density at radius 2 is 1.38 bits per heavy atom. The van der Waals surface area contributed by atoms with E-state index in [0.717, 1.165) is 15.4 Å². The van der Waals surface area contributed by atoms with Crippen molar-refractivity contribution in [2.75, 3.05) is 63.8 Å². The molecule has 0 aliphatic carbocycles. The third kappa shape index (κ3) is 15.8. The molecule has 3 aromatic rings. The Balaban J connectivity index is 0.864. The number of urea groups is 1. The molecule has 25 nitrogen and oxygen atoms in total. The van der Waals surface area contributed by atoms with Crippen molar-refractivity contribution >= 4 is 76.8 Å². The maximum Gasteiger partial charge on any atom is 0.416 e. The zero-order valence-corrected chi connectivity index (χ0v) is 49.4. The zero-order chi connectivity index (χ0) is 62.5. The minimum absolute atomic E-state index is 0.0401. The number of imide groups is 1. The first-order valence-electron chi connectivity index (χ1n) is 29.1. The third-order valence-electron chi connectivity index (χ3n) is 15.5. The Hall–Kier alpha value is -9.26. The summed E-state index contributed by atoms with van der Waals surface area (Å²) in [5.41, 5.74) is 8.76. The normalized spacial score (nSPS) is 18.3. The lowest BCUT2D eigenvalue weighted by molar-refractivity contribution is -0.137. The van der Waals surface area contributed by atoms with E-state index in [1.165, 1.54) is 43.4 Å². The summed E-state index contributed by atoms with van der Waals surface area (Å²) in [4.78, 5) is 128. The summed E-state index contributed by atoms with van der Waals surface area (Å²) in [7, 11) is 2.94. The summed E-state index contributed by atoms with van der Waals surface area (Å²) >= 11 is 0. The number of nitrogens with two attached hydrogens (primary N) is 1. The predicted octanol–water partition coefficient (Wildman–Crippen LogP) is 5.56. The molecule has 0 spiro atoms. The number of aliphatic hydroxyl groups excluding tert-OH is 1. The van der Waals surface area contributed by atoms with Crippen LogP contribution in [0.5, 0.6) is 23.0 Å². The molecule has 5 heterocycles. The van der Waals surface area contributed by atoms with Gasteiger partial charge in [0.1, 0.15) is 18.7 Å². The number of rotatable bonds is 28. The van der Waals surface area contributed by atoms with E-state index in [1.54, 1.807) is 61.4 Å². The molecule has 464 valence electrons. The highest BCUT2D eigenvalue weighted by Gasteiger charge is 2.46. The van der Waals surface area contributed by atoms with Crippen LogP contribution in [-0.4, -0.2) is 164 Å². The Morgan fingerprint density at radius 3 is 2.05 bits per heavy atom. The number of unbranched alkanes of at least 4 members (excludes halogenated alkanes) is 4. The van der Waals surface area contributed by atoms with Crippen LogP contribution in [0.25, 0.3) is 0 Å². The van der Waals surface area contributed by atoms with Crippen LogP contribution in [0.1, 0.15) is 111 Å². The molecule has 8 rings (SSSR count). The van der Waals surface area contributed by atoms with E-state index in [1.807, 2.05) is 0 Å². The van der Waals surface area contributed by atoms with Gasteiger partial charge in [0.05, 0.1) is 62.0 Å². The van der Waals surface area contributed by atoms with E-state index >= 15 is 0 Å². The number of nitrogens with one attached hydrogen (secondary N) is 4. The van der Waals surface area contributed by atoms with Crippen LogP contribution in [0.4, 0.5) is 26.7 Å². The molecule has 25 heteroatoms. The molecule has 0 aromatic heterocycles. The number of hydrogen-bond acceptors (Lipinski definition) is 16. The number of aliphatic imine (C=N–C) groups is 1. The first kappa shape index (κ1) is 63.8. The van der Waals surface area contributed by atoms with Crippen molar-refractivity contribution in [3.8, 4) is 23.0 Å². The van der Waals surface area contributed by atoms with Gasteiger partial charge in [0.25, 0.3) is 23.6 Å². The summed E-state index contributed by atoms with van der Waals surface area (Å²) in [5.74, 6) is -2.00. The number of anilines is 2. The number of ether oxygens (including phenoxy) is 5. The second-order valence-electron chi connectivity index (χ2n) is 22.3. The van der Waals surface area contributed by atoms with Crippen LogP contribution < -0.4 is 50.8 Å². The van der Waals surface area contributed by atoms with Gasteiger partial charge in [0, 0.05) is 68.8 Å². The predicted molar refractivity (Wildman–Crippen MR) is 320 cm³/mol. The van der Waals surface area contributed by atoms with Crippen molar-refractivity contribution in [3.05, 3.63) is 102 Å². The maximum absolute atomic E-state index is 14.3. The lowest BCUT2D eigenvalue weighted by Gasteiger charge is -2.31. The molecule has 0 saturated carbocycles. The molecule has 3 aromatic carbocycles. The largest absolute Gasteiger partial charge is 0.493 e. The molecular weight excluding hydrogens is 1120 g/mol. The number of benzene rings is 3. The molecule has 0 radical (unpaired) electrons. The Morgan fingerprint density at radius 1 is 0.747 bits per heavy atom. The highest BCUT2D eigenvalue weighted by molar-refractivity contribution is 6.13. The average Bonchev–Trinajstić information content (AvgIpc) is 1.70. The molecular formula is C62H76N10O15. The minimum Gasteiger partial charge on any atom is -0.493 e. The second kappa shape index (κ2) is 29.2. The number of primary amides is 1. The number of fused-ring (bicyclic) bond motifs is 4. The fourth-order valence-corrected chi connectivity index (χ4v) is 10.9. The van der Waals surface area contributed by atoms with Gasteiger partial charge >= 0.3 is 12.1 Å². The van der Waals surface area contributed by atoms with E-state index in [2.05, 4.69) is 39.4 Å². The van der Waals surface area contributed by atoms with Crippen molar-refractivity contribution in [2.45, 2.75) is 121 Å². The highest BCUT2D eigenvalue weighted by Crippen LogP contribution is 2.43. The van der Waals surface area contributed by atoms with Gasteiger partial charge in [-0.1, -0.05) is 56.7 Å². The number of aliphatic hydroxyl groups is 1. The zero-order valence-electron chi connectivity index (χ0n) is 49.4. The van der Waals surface area contributed by atoms with Crippen molar-refractivity contribution in [1.29, 1.82) is 0 Å². The fraction of sp³-hybridized carbons (Fsp3) is 0.452. The van der Waals surface area contributed by atoms with Crippen molar-refractivity contribution in [1.82, 2.24) is 30.7 Å². The lowest BCUT2D eigenvalue weighted by Crippen LogP contribution is -2.54. The monoisotopic (exact) mass is 1200 g/mol. The number of carbonyl (C=O) groups excluding carboxylic acids is 9. The van der Waals surface area contributed by atoms with Crippen LogP contribution >= 0.6 is 0 Å². The highest BCUT2D eigenvalue weighted by atomic mass is 16.6. The van der Waals surface area contributed by atoms with Crippen molar-refractivity contribution in [2.24, 2.45) is 16.6 Å². The topological polar surface area (TPSA) is 319 Å². The van der Waals surface area contributed by atoms with Gasteiger partial charge in [0.15, 0.2) is 29.2 Å². The summed E-state index contributed by atoms with van der Waals surface area (Å²) in [6, 6.07) is 8.79. The molecule has 10 amide bonds. The number of amides is 10. The van der Waals surface area contributed by atoms with E-state index in [-0.39, 0.29) is 117 Å². The third-order valence-corrected chi connectivity index (χ3v) is 15.5. The van der Waals surface area contributed by atoms with Crippen LogP contribution in [0.3, 0.4) is 0 Å². The summed E-state index contributed by atoms with van der Waals surface area (Å²) in [6.45, 7) is 12.8. The van der Waals surface area contributed by atoms with Crippen LogP contribution in [0, 0.1) is 5.92 Å². The van der Waals surface area contributed by atoms with E-state index in [0.29, 0.717) is 97.7 Å². The summed E-state index contributed by atoms with van der Waals surface area (Å²) in [6.07, 6.45) is 6.38. The molecule has 5 atom stereocenters. The molecule has 87 heavy (non-hydrogen) atoms. The van der Waals surface area contributed by atoms with Gasteiger partial charge in [-0.25, -0.2) is 14.5 Å². The maximum atomic E-state index is 14.3. The molecule has 5 aliphatic rings. The lowest BCUT2D eigenvalue weighted by atomic mass is 10.0. The number of hydrogen-bond donors (Lipinski definition) is 6. The summed E-state index contributed by atoms with van der Waals surface area (Å²) < 4.78 is 29.5. The average molecular weight is 1200 g/mol. The van der Waals surface area contributed by atoms with E-state index in [4.69, 9.17) is 29.4 Å². The van der Waals surface area contributed by atoms with Crippen molar-refractivity contribution < 1.29 is 71.9 Å². The molecule has 1 unspecified atom stereocenters. The molecule has 0 bridgehead atoms. The Bertz CT molecular complexity index is 3200. The van der Waals surface area contributed by atoms with E-state index in [9.17, 15) is 48.3 Å². The smallest absolute Gasteiger partial charge is 0.416 e. The number of methoxy groups -OCH3 is 2. The molecule has 2 fully saturated rings. The van der Waals surface area contributed by atoms with Gasteiger partial charge in [-0.2, -0.15) is 0 Å². The first-order valence-corrected chi connectivity index (χ1v) is 29.1. The fourth-order valence-electron chi connectivity index (χ4n) is 10.9. The van der Waals surface area contributed by atoms with Crippen LogP contribution in [0.2, 0.25) is 0 Å². The van der Waals surface area contributed by atoms with Gasteiger partial charge in [0.2, 0.25) is 17.7 Å². The van der Waals surface area contributed by atoms with Gasteiger partial charge in [-0.05, 0) is 93.5 Å². The van der Waals surface area contributed by atoms with Gasteiger partial charge < -0.3 is 65.6 Å².